The van der Waals surface area contributed by atoms with Gasteiger partial charge in [0.15, 0.2) is 0 Å². The first-order valence-electron chi connectivity index (χ1n) is 5.59. The van der Waals surface area contributed by atoms with Crippen LogP contribution in [0.1, 0.15) is 38.2 Å². The summed E-state index contributed by atoms with van der Waals surface area (Å²) in [5.41, 5.74) is 2.26. The molecule has 1 aromatic rings. The average Bonchev–Trinajstić information content (AvgIpc) is 3.01. The molecule has 0 bridgehead atoms. The number of hydrogen-bond donors (Lipinski definition) is 0. The molecule has 1 aliphatic rings. The van der Waals surface area contributed by atoms with Crippen molar-refractivity contribution in [3.8, 4) is 0 Å². The zero-order valence-corrected chi connectivity index (χ0v) is 10.0. The molecule has 3 heteroatoms. The lowest BCUT2D eigenvalue weighted by Crippen LogP contribution is -2.21. The number of alkyl halides is 1. The first-order valence-corrected chi connectivity index (χ1v) is 6.02. The van der Waals surface area contributed by atoms with Crippen LogP contribution in [0.15, 0.2) is 23.3 Å². The lowest BCUT2D eigenvalue weighted by molar-refractivity contribution is 0.689. The van der Waals surface area contributed by atoms with Gasteiger partial charge in [-0.05, 0) is 44.2 Å². The SMILES string of the molecule is CCn1cc(C2CC2)ccc1=NC(C)Cl. The van der Waals surface area contributed by atoms with Crippen LogP contribution in [0, 0.1) is 0 Å². The van der Waals surface area contributed by atoms with Crippen LogP contribution in [0.25, 0.3) is 0 Å². The second kappa shape index (κ2) is 4.40. The van der Waals surface area contributed by atoms with Gasteiger partial charge in [0.05, 0.1) is 0 Å². The molecule has 1 aliphatic carbocycles. The van der Waals surface area contributed by atoms with Gasteiger partial charge >= 0.3 is 0 Å². The summed E-state index contributed by atoms with van der Waals surface area (Å²) < 4.78 is 2.17. The van der Waals surface area contributed by atoms with Crippen molar-refractivity contribution in [2.24, 2.45) is 4.99 Å². The summed E-state index contributed by atoms with van der Waals surface area (Å²) in [6.45, 7) is 4.97. The Bertz CT molecular complexity index is 402. The molecular formula is C12H17ClN2. The van der Waals surface area contributed by atoms with Crippen molar-refractivity contribution in [2.45, 2.75) is 44.7 Å². The molecule has 2 nitrogen and oxygen atoms in total. The van der Waals surface area contributed by atoms with Gasteiger partial charge < -0.3 is 4.57 Å². The Labute approximate surface area is 95.6 Å². The molecule has 0 amide bonds. The van der Waals surface area contributed by atoms with E-state index < -0.39 is 0 Å². The zero-order chi connectivity index (χ0) is 10.8. The summed E-state index contributed by atoms with van der Waals surface area (Å²) in [5, 5.41) is 0. The molecule has 1 heterocycles. The maximum absolute atomic E-state index is 5.88. The van der Waals surface area contributed by atoms with Crippen LogP contribution in [0.3, 0.4) is 0 Å². The van der Waals surface area contributed by atoms with Gasteiger partial charge in [-0.2, -0.15) is 0 Å². The Hall–Kier alpha value is -0.760. The van der Waals surface area contributed by atoms with Gasteiger partial charge in [0.1, 0.15) is 11.0 Å². The summed E-state index contributed by atoms with van der Waals surface area (Å²) in [5.74, 6) is 0.797. The Kier molecular flexibility index (Phi) is 3.15. The van der Waals surface area contributed by atoms with E-state index >= 15 is 0 Å². The number of aromatic nitrogens is 1. The highest BCUT2D eigenvalue weighted by molar-refractivity contribution is 6.20. The van der Waals surface area contributed by atoms with E-state index in [1.807, 2.05) is 6.92 Å². The molecular weight excluding hydrogens is 208 g/mol. The summed E-state index contributed by atoms with van der Waals surface area (Å²) in [7, 11) is 0. The van der Waals surface area contributed by atoms with Crippen LogP contribution in [0.2, 0.25) is 0 Å². The van der Waals surface area contributed by atoms with Gasteiger partial charge in [-0.1, -0.05) is 17.7 Å². The largest absolute Gasteiger partial charge is 0.333 e. The van der Waals surface area contributed by atoms with Gasteiger partial charge in [0.25, 0.3) is 0 Å². The highest BCUT2D eigenvalue weighted by Crippen LogP contribution is 2.39. The fourth-order valence-corrected chi connectivity index (χ4v) is 1.87. The molecule has 0 N–H and O–H groups in total. The summed E-state index contributed by atoms with van der Waals surface area (Å²) in [6.07, 6.45) is 4.90. The molecule has 1 fully saturated rings. The van der Waals surface area contributed by atoms with Crippen LogP contribution in [-0.4, -0.2) is 10.1 Å². The Morgan fingerprint density at radius 2 is 2.27 bits per heavy atom. The van der Waals surface area contributed by atoms with E-state index in [1.165, 1.54) is 18.4 Å². The molecule has 0 radical (unpaired) electrons. The van der Waals surface area contributed by atoms with Crippen LogP contribution < -0.4 is 5.49 Å². The van der Waals surface area contributed by atoms with Crippen molar-refractivity contribution in [2.75, 3.05) is 0 Å². The van der Waals surface area contributed by atoms with E-state index in [1.54, 1.807) is 0 Å². The number of aryl methyl sites for hydroxylation is 1. The van der Waals surface area contributed by atoms with E-state index in [2.05, 4.69) is 34.8 Å². The number of hydrogen-bond acceptors (Lipinski definition) is 1. The second-order valence-electron chi connectivity index (χ2n) is 4.08. The highest BCUT2D eigenvalue weighted by atomic mass is 35.5. The smallest absolute Gasteiger partial charge is 0.129 e. The van der Waals surface area contributed by atoms with Crippen molar-refractivity contribution in [1.29, 1.82) is 0 Å². The molecule has 1 atom stereocenters. The molecule has 1 aromatic heterocycles. The van der Waals surface area contributed by atoms with E-state index in [-0.39, 0.29) is 5.50 Å². The van der Waals surface area contributed by atoms with Gasteiger partial charge in [-0.15, -0.1) is 0 Å². The first kappa shape index (κ1) is 10.7. The number of nitrogens with zero attached hydrogens (tertiary/aromatic N) is 2. The van der Waals surface area contributed by atoms with Crippen molar-refractivity contribution in [3.05, 3.63) is 29.4 Å². The monoisotopic (exact) mass is 224 g/mol. The maximum Gasteiger partial charge on any atom is 0.129 e. The second-order valence-corrected chi connectivity index (χ2v) is 4.72. The third-order valence-corrected chi connectivity index (χ3v) is 2.82. The van der Waals surface area contributed by atoms with Gasteiger partial charge in [-0.3, -0.25) is 0 Å². The van der Waals surface area contributed by atoms with Crippen molar-refractivity contribution in [3.63, 3.8) is 0 Å². The first-order chi connectivity index (χ1) is 7.20. The topological polar surface area (TPSA) is 17.3 Å². The zero-order valence-electron chi connectivity index (χ0n) is 9.28. The fourth-order valence-electron chi connectivity index (χ4n) is 1.77. The minimum Gasteiger partial charge on any atom is -0.333 e. The lowest BCUT2D eigenvalue weighted by Gasteiger charge is -2.07. The lowest BCUT2D eigenvalue weighted by atomic mass is 10.2. The van der Waals surface area contributed by atoms with Crippen LogP contribution in [0.5, 0.6) is 0 Å². The highest BCUT2D eigenvalue weighted by Gasteiger charge is 2.23. The Balaban J connectivity index is 2.39. The van der Waals surface area contributed by atoms with Crippen LogP contribution >= 0.6 is 11.6 Å². The summed E-state index contributed by atoms with van der Waals surface area (Å²) in [4.78, 5) is 4.38. The van der Waals surface area contributed by atoms with Gasteiger partial charge in [0, 0.05) is 12.7 Å². The van der Waals surface area contributed by atoms with Crippen molar-refractivity contribution < 1.29 is 0 Å². The van der Waals surface area contributed by atoms with Crippen molar-refractivity contribution in [1.82, 2.24) is 4.57 Å². The molecule has 0 aromatic carbocycles. The molecule has 1 saturated carbocycles. The normalized spacial score (nSPS) is 19.3. The number of halogens is 1. The predicted molar refractivity (Wildman–Crippen MR) is 63.0 cm³/mol. The Morgan fingerprint density at radius 1 is 1.53 bits per heavy atom. The molecule has 2 rings (SSSR count). The number of rotatable bonds is 3. The number of pyridine rings is 1. The molecule has 82 valence electrons. The molecule has 0 aliphatic heterocycles. The summed E-state index contributed by atoms with van der Waals surface area (Å²) >= 11 is 5.88. The molecule has 1 unspecified atom stereocenters. The van der Waals surface area contributed by atoms with Crippen molar-refractivity contribution >= 4 is 11.6 Å². The van der Waals surface area contributed by atoms with E-state index in [9.17, 15) is 0 Å². The van der Waals surface area contributed by atoms with Crippen LogP contribution in [-0.2, 0) is 6.54 Å². The van der Waals surface area contributed by atoms with Gasteiger partial charge in [-0.25, -0.2) is 4.99 Å². The third kappa shape index (κ3) is 2.63. The minimum absolute atomic E-state index is 0.158. The maximum atomic E-state index is 5.88. The molecule has 15 heavy (non-hydrogen) atoms. The molecule has 0 saturated heterocycles. The van der Waals surface area contributed by atoms with Crippen LogP contribution in [0.4, 0.5) is 0 Å². The fraction of sp³-hybridized carbons (Fsp3) is 0.583. The van der Waals surface area contributed by atoms with E-state index in [4.69, 9.17) is 11.6 Å². The third-order valence-electron chi connectivity index (χ3n) is 2.72. The standard InChI is InChI=1S/C12H17ClN2/c1-3-15-8-11(10-4-5-10)6-7-12(15)14-9(2)13/h6-10H,3-5H2,1-2H3. The van der Waals surface area contributed by atoms with E-state index in [0.29, 0.717) is 0 Å². The van der Waals surface area contributed by atoms with E-state index in [0.717, 1.165) is 18.0 Å². The predicted octanol–water partition coefficient (Wildman–Crippen LogP) is 2.87. The quantitative estimate of drug-likeness (QED) is 0.555. The van der Waals surface area contributed by atoms with Gasteiger partial charge in [0.2, 0.25) is 0 Å². The minimum atomic E-state index is -0.158. The average molecular weight is 225 g/mol. The summed E-state index contributed by atoms with van der Waals surface area (Å²) in [6, 6.07) is 4.26. The molecule has 0 spiro atoms. The Morgan fingerprint density at radius 3 is 2.80 bits per heavy atom.